The molecule has 0 unspecified atom stereocenters. The number of carboxylic acids is 1. The number of carbonyl (C=O) groups is 4. The van der Waals surface area contributed by atoms with Crippen molar-refractivity contribution in [3.05, 3.63) is 121 Å². The van der Waals surface area contributed by atoms with Crippen molar-refractivity contribution in [2.45, 2.75) is 90.8 Å². The molecule has 9 nitrogen and oxygen atoms in total. The first-order valence-electron chi connectivity index (χ1n) is 18.6. The molecule has 0 saturated carbocycles. The summed E-state index contributed by atoms with van der Waals surface area (Å²) in [5.41, 5.74) is 0.0796. The maximum Gasteiger partial charge on any atom is 0.412 e. The van der Waals surface area contributed by atoms with E-state index in [-0.39, 0.29) is 28.6 Å². The number of ketones is 1. The Hall–Kier alpha value is -4.76. The lowest BCUT2D eigenvalue weighted by Crippen LogP contribution is -2.69. The summed E-state index contributed by atoms with van der Waals surface area (Å²) in [5.74, 6) is -2.66. The second-order valence-electron chi connectivity index (χ2n) is 16.5. The highest BCUT2D eigenvalue weighted by Gasteiger charge is 2.57. The van der Waals surface area contributed by atoms with Crippen LogP contribution in [-0.2, 0) is 18.8 Å². The molecule has 3 atom stereocenters. The van der Waals surface area contributed by atoms with Gasteiger partial charge in [0.1, 0.15) is 11.0 Å². The van der Waals surface area contributed by atoms with Crippen molar-refractivity contribution in [1.82, 2.24) is 4.90 Å². The van der Waals surface area contributed by atoms with Gasteiger partial charge < -0.3 is 19.2 Å². The zero-order chi connectivity index (χ0) is 40.3. The number of hydrogen-bond acceptors (Lipinski definition) is 6. The third kappa shape index (κ3) is 8.72. The SMILES string of the molecule is C[C@@H](O[Si](C)(C)C(C)(C)C)[C@H]1C(=O)N(C(C(=O)O)=P(c2ccccc2)(c2ccccc2)c2ccccc2)[C@@H]1CC(=O)c1ccc(NC(=O)OC(C)(C)C)cc1. The smallest absolute Gasteiger partial charge is 0.412 e. The molecule has 0 aliphatic carbocycles. The molecule has 2 amide bonds. The Morgan fingerprint density at radius 3 is 1.64 bits per heavy atom. The van der Waals surface area contributed by atoms with E-state index in [0.29, 0.717) is 11.3 Å². The summed E-state index contributed by atoms with van der Waals surface area (Å²) < 4.78 is 12.1. The van der Waals surface area contributed by atoms with Gasteiger partial charge in [0.2, 0.25) is 5.91 Å². The van der Waals surface area contributed by atoms with E-state index in [4.69, 9.17) is 9.16 Å². The van der Waals surface area contributed by atoms with E-state index in [9.17, 15) is 24.3 Å². The van der Waals surface area contributed by atoms with Crippen LogP contribution in [0, 0.1) is 5.92 Å². The van der Waals surface area contributed by atoms with Crippen molar-refractivity contribution in [2.24, 2.45) is 5.92 Å². The van der Waals surface area contributed by atoms with Gasteiger partial charge in [-0.15, -0.1) is 0 Å². The van der Waals surface area contributed by atoms with E-state index in [2.05, 4.69) is 39.2 Å². The lowest BCUT2D eigenvalue weighted by molar-refractivity contribution is -0.155. The molecule has 2 N–H and O–H groups in total. The van der Waals surface area contributed by atoms with Crippen LogP contribution in [0.3, 0.4) is 0 Å². The van der Waals surface area contributed by atoms with Gasteiger partial charge in [0.25, 0.3) is 0 Å². The molecule has 1 saturated heterocycles. The van der Waals surface area contributed by atoms with Crippen molar-refractivity contribution in [2.75, 3.05) is 5.32 Å². The summed E-state index contributed by atoms with van der Waals surface area (Å²) in [7, 11) is -2.39. The summed E-state index contributed by atoms with van der Waals surface area (Å²) in [6, 6.07) is 34.1. The molecule has 0 radical (unpaired) electrons. The van der Waals surface area contributed by atoms with Crippen molar-refractivity contribution in [3.8, 4) is 0 Å². The Morgan fingerprint density at radius 1 is 0.782 bits per heavy atom. The average Bonchev–Trinajstić information content (AvgIpc) is 3.11. The van der Waals surface area contributed by atoms with Crippen LogP contribution in [0.4, 0.5) is 10.5 Å². The highest BCUT2D eigenvalue weighted by molar-refractivity contribution is 7.96. The molecule has 5 rings (SSSR count). The van der Waals surface area contributed by atoms with Gasteiger partial charge in [-0.2, -0.15) is 0 Å². The number of nitrogens with zero attached hydrogens (tertiary/aromatic N) is 1. The van der Waals surface area contributed by atoms with E-state index in [0.717, 1.165) is 15.9 Å². The maximum absolute atomic E-state index is 14.8. The number of nitrogens with one attached hydrogen (secondary N) is 1. The molecule has 1 heterocycles. The first-order chi connectivity index (χ1) is 25.8. The van der Waals surface area contributed by atoms with Gasteiger partial charge in [-0.05, 0) is 86.0 Å². The van der Waals surface area contributed by atoms with E-state index in [1.807, 2.05) is 97.9 Å². The fraction of sp³-hybridized carbons (Fsp3) is 0.341. The van der Waals surface area contributed by atoms with Crippen LogP contribution in [-0.4, -0.2) is 65.2 Å². The van der Waals surface area contributed by atoms with Crippen molar-refractivity contribution >= 4 is 66.0 Å². The molecular formula is C44H53N2O7PSi. The number of carboxylic acid groups (broad SMARTS) is 1. The third-order valence-electron chi connectivity index (χ3n) is 10.5. The Balaban J connectivity index is 1.68. The predicted octanol–water partition coefficient (Wildman–Crippen LogP) is 8.05. The number of benzene rings is 4. The van der Waals surface area contributed by atoms with Gasteiger partial charge in [0, 0.05) is 24.6 Å². The fourth-order valence-electron chi connectivity index (χ4n) is 6.92. The van der Waals surface area contributed by atoms with Crippen LogP contribution in [0.5, 0.6) is 0 Å². The number of rotatable bonds is 12. The zero-order valence-corrected chi connectivity index (χ0v) is 35.1. The molecular weight excluding hydrogens is 728 g/mol. The Bertz CT molecular complexity index is 1970. The first-order valence-corrected chi connectivity index (χ1v) is 23.3. The lowest BCUT2D eigenvalue weighted by Gasteiger charge is -2.52. The van der Waals surface area contributed by atoms with Gasteiger partial charge in [0.15, 0.2) is 14.1 Å². The molecule has 4 aromatic carbocycles. The second kappa shape index (κ2) is 16.1. The normalized spacial score (nSPS) is 16.8. The van der Waals surface area contributed by atoms with Crippen LogP contribution in [0.1, 0.15) is 65.2 Å². The number of Topliss-reactive ketones (excluding diaryl/α,β-unsaturated/α-hetero) is 1. The minimum absolute atomic E-state index is 0.0495. The van der Waals surface area contributed by atoms with Gasteiger partial charge in [-0.25, -0.2) is 9.59 Å². The van der Waals surface area contributed by atoms with E-state index in [1.165, 1.54) is 4.90 Å². The number of β-lactam (4-membered cyclic amide) rings is 1. The topological polar surface area (TPSA) is 122 Å². The van der Waals surface area contributed by atoms with Crippen LogP contribution in [0.25, 0.3) is 0 Å². The Kier molecular flexibility index (Phi) is 12.2. The minimum Gasteiger partial charge on any atom is -0.477 e. The summed E-state index contributed by atoms with van der Waals surface area (Å²) in [4.78, 5) is 56.9. The van der Waals surface area contributed by atoms with Gasteiger partial charge in [-0.3, -0.25) is 14.9 Å². The number of hydrogen-bond donors (Lipinski definition) is 2. The Labute approximate surface area is 326 Å². The monoisotopic (exact) mass is 780 g/mol. The maximum atomic E-state index is 14.8. The molecule has 0 bridgehead atoms. The molecule has 11 heteroatoms. The molecule has 290 valence electrons. The number of anilines is 1. The van der Waals surface area contributed by atoms with Crippen molar-refractivity contribution in [3.63, 3.8) is 0 Å². The van der Waals surface area contributed by atoms with E-state index >= 15 is 0 Å². The standard InChI is InChI=1S/C44H53N2O7PSi/c1-30(53-55(8,9)44(5,6)7)38-36(29-37(47)31-25-27-32(28-26-31)45-42(51)52-43(2,3)4)46(39(38)48)40(41(49)50)54(33-19-13-10-14-20-33,34-21-15-11-16-22-34)35-23-17-12-18-24-35/h10-28,30,36,38H,29H2,1-9H3,(H,45,51)(H,49,50)/t30-,36-,38-/m1/s1. The summed E-state index contributed by atoms with van der Waals surface area (Å²) >= 11 is 0. The molecule has 0 spiro atoms. The summed E-state index contributed by atoms with van der Waals surface area (Å²) in [6.45, 7) is 14.5. The number of ether oxygens (including phenoxy) is 1. The van der Waals surface area contributed by atoms with Crippen molar-refractivity contribution < 1.29 is 33.4 Å². The van der Waals surface area contributed by atoms with Crippen LogP contribution < -0.4 is 21.2 Å². The number of likely N-dealkylation sites (tertiary alicyclic amines) is 1. The number of carbonyl (C=O) groups excluding carboxylic acids is 3. The Morgan fingerprint density at radius 2 is 1.24 bits per heavy atom. The highest BCUT2D eigenvalue weighted by atomic mass is 31.2. The summed E-state index contributed by atoms with van der Waals surface area (Å²) in [5, 5.41) is 16.3. The zero-order valence-electron chi connectivity index (χ0n) is 33.2. The van der Waals surface area contributed by atoms with Gasteiger partial charge >= 0.3 is 12.1 Å². The van der Waals surface area contributed by atoms with Crippen LogP contribution in [0.2, 0.25) is 18.1 Å². The second-order valence-corrected chi connectivity index (χ2v) is 24.6. The highest BCUT2D eigenvalue weighted by Crippen LogP contribution is 2.50. The minimum atomic E-state index is -3.26. The van der Waals surface area contributed by atoms with Crippen LogP contribution in [0.15, 0.2) is 115 Å². The van der Waals surface area contributed by atoms with E-state index < -0.39 is 50.9 Å². The van der Waals surface area contributed by atoms with Crippen molar-refractivity contribution in [1.29, 1.82) is 0 Å². The first kappa shape index (κ1) is 41.4. The largest absolute Gasteiger partial charge is 0.477 e. The number of aliphatic carboxylic acids is 1. The van der Waals surface area contributed by atoms with Gasteiger partial charge in [-0.1, -0.05) is 112 Å². The molecule has 1 aliphatic heterocycles. The lowest BCUT2D eigenvalue weighted by atomic mass is 9.79. The molecule has 4 aromatic rings. The molecule has 0 aromatic heterocycles. The third-order valence-corrected chi connectivity index (χ3v) is 19.3. The van der Waals surface area contributed by atoms with Gasteiger partial charge in [0.05, 0.1) is 18.1 Å². The quantitative estimate of drug-likeness (QED) is 0.0646. The van der Waals surface area contributed by atoms with Crippen LogP contribution >= 0.6 is 6.89 Å². The molecule has 1 fully saturated rings. The summed E-state index contributed by atoms with van der Waals surface area (Å²) in [6.07, 6.45) is -1.35. The molecule has 55 heavy (non-hydrogen) atoms. The molecule has 1 aliphatic rings. The van der Waals surface area contributed by atoms with E-state index in [1.54, 1.807) is 45.0 Å². The number of amides is 2. The predicted molar refractivity (Wildman–Crippen MR) is 225 cm³/mol. The fourth-order valence-corrected chi connectivity index (χ4v) is 12.7. The average molecular weight is 781 g/mol.